The molecule has 7 heteroatoms. The van der Waals surface area contributed by atoms with Crippen molar-refractivity contribution >= 4 is 28.2 Å². The Morgan fingerprint density at radius 2 is 2.15 bits per heavy atom. The van der Waals surface area contributed by atoms with Gasteiger partial charge in [0.05, 0.1) is 6.10 Å². The van der Waals surface area contributed by atoms with Gasteiger partial charge in [0, 0.05) is 26.2 Å². The van der Waals surface area contributed by atoms with Gasteiger partial charge in [-0.3, -0.25) is 4.79 Å². The second-order valence-corrected chi connectivity index (χ2v) is 6.38. The van der Waals surface area contributed by atoms with Crippen molar-refractivity contribution in [2.45, 2.75) is 37.8 Å². The standard InChI is InChI=1S/C13H20N4O2S/c1-19-9-6-8(7-9)15-12(18)10-11(14)16-13(20-10)17-4-2-3-5-17/h8-9H,2-7,14H2,1H3,(H,15,18). The topological polar surface area (TPSA) is 80.5 Å². The van der Waals surface area contributed by atoms with Gasteiger partial charge in [0.25, 0.3) is 5.91 Å². The van der Waals surface area contributed by atoms with Gasteiger partial charge in [0.15, 0.2) is 5.13 Å². The lowest BCUT2D eigenvalue weighted by atomic mass is 9.89. The summed E-state index contributed by atoms with van der Waals surface area (Å²) < 4.78 is 5.21. The first-order valence-corrected chi connectivity index (χ1v) is 7.84. The van der Waals surface area contributed by atoms with Crippen molar-refractivity contribution in [3.63, 3.8) is 0 Å². The molecule has 3 rings (SSSR count). The van der Waals surface area contributed by atoms with Crippen molar-refractivity contribution in [2.24, 2.45) is 0 Å². The number of hydrogen-bond donors (Lipinski definition) is 2. The lowest BCUT2D eigenvalue weighted by Crippen LogP contribution is -2.47. The minimum Gasteiger partial charge on any atom is -0.382 e. The van der Waals surface area contributed by atoms with Crippen molar-refractivity contribution in [3.8, 4) is 0 Å². The average molecular weight is 296 g/mol. The Bertz CT molecular complexity index is 493. The molecule has 1 amide bonds. The molecule has 3 N–H and O–H groups in total. The zero-order valence-electron chi connectivity index (χ0n) is 11.6. The number of carbonyl (C=O) groups is 1. The number of carbonyl (C=O) groups excluding carboxylic acids is 1. The molecular formula is C13H20N4O2S. The van der Waals surface area contributed by atoms with Crippen molar-refractivity contribution in [3.05, 3.63) is 4.88 Å². The molecule has 0 atom stereocenters. The molecule has 0 bridgehead atoms. The van der Waals surface area contributed by atoms with E-state index in [0.717, 1.165) is 31.1 Å². The number of nitrogens with zero attached hydrogens (tertiary/aromatic N) is 2. The highest BCUT2D eigenvalue weighted by Gasteiger charge is 2.31. The summed E-state index contributed by atoms with van der Waals surface area (Å²) in [7, 11) is 1.70. The molecule has 0 radical (unpaired) electrons. The molecule has 6 nitrogen and oxygen atoms in total. The predicted molar refractivity (Wildman–Crippen MR) is 79.3 cm³/mol. The molecule has 2 aliphatic rings. The van der Waals surface area contributed by atoms with E-state index in [4.69, 9.17) is 10.5 Å². The molecule has 1 saturated heterocycles. The lowest BCUT2D eigenvalue weighted by Gasteiger charge is -2.34. The number of thiazole rings is 1. The fourth-order valence-electron chi connectivity index (χ4n) is 2.65. The predicted octanol–water partition coefficient (Wildman–Crippen LogP) is 1.23. The lowest BCUT2D eigenvalue weighted by molar-refractivity contribution is 0.0177. The molecule has 1 aromatic rings. The number of amides is 1. The summed E-state index contributed by atoms with van der Waals surface area (Å²) in [6.07, 6.45) is 4.39. The van der Waals surface area contributed by atoms with Crippen LogP contribution in [0.15, 0.2) is 0 Å². The number of rotatable bonds is 4. The highest BCUT2D eigenvalue weighted by Crippen LogP contribution is 2.31. The maximum atomic E-state index is 12.2. The first-order chi connectivity index (χ1) is 9.67. The Morgan fingerprint density at radius 3 is 2.80 bits per heavy atom. The first kappa shape index (κ1) is 13.6. The first-order valence-electron chi connectivity index (χ1n) is 7.02. The van der Waals surface area contributed by atoms with E-state index in [0.29, 0.717) is 10.7 Å². The highest BCUT2D eigenvalue weighted by molar-refractivity contribution is 7.18. The van der Waals surface area contributed by atoms with Crippen molar-refractivity contribution in [2.75, 3.05) is 30.8 Å². The van der Waals surface area contributed by atoms with Gasteiger partial charge in [-0.05, 0) is 25.7 Å². The van der Waals surface area contributed by atoms with E-state index < -0.39 is 0 Å². The second-order valence-electron chi connectivity index (χ2n) is 5.40. The van der Waals surface area contributed by atoms with Gasteiger partial charge in [-0.15, -0.1) is 0 Å². The Morgan fingerprint density at radius 1 is 1.45 bits per heavy atom. The molecule has 2 heterocycles. The van der Waals surface area contributed by atoms with Gasteiger partial charge in [-0.2, -0.15) is 0 Å². The minimum atomic E-state index is -0.106. The van der Waals surface area contributed by atoms with Crippen LogP contribution in [0.3, 0.4) is 0 Å². The Hall–Kier alpha value is -1.34. The number of nitrogens with two attached hydrogens (primary N) is 1. The van der Waals surface area contributed by atoms with E-state index in [1.54, 1.807) is 7.11 Å². The third kappa shape index (κ3) is 2.60. The van der Waals surface area contributed by atoms with Crippen LogP contribution in [0.4, 0.5) is 10.9 Å². The van der Waals surface area contributed by atoms with E-state index in [1.807, 2.05) is 0 Å². The van der Waals surface area contributed by atoms with Crippen LogP contribution >= 0.6 is 11.3 Å². The molecule has 1 aliphatic heterocycles. The second kappa shape index (κ2) is 5.57. The summed E-state index contributed by atoms with van der Waals surface area (Å²) >= 11 is 1.39. The van der Waals surface area contributed by atoms with Crippen LogP contribution in [0.2, 0.25) is 0 Å². The third-order valence-electron chi connectivity index (χ3n) is 3.99. The largest absolute Gasteiger partial charge is 0.382 e. The van der Waals surface area contributed by atoms with E-state index in [2.05, 4.69) is 15.2 Å². The van der Waals surface area contributed by atoms with Crippen LogP contribution in [0.25, 0.3) is 0 Å². The van der Waals surface area contributed by atoms with Gasteiger partial charge in [-0.1, -0.05) is 11.3 Å². The van der Waals surface area contributed by atoms with Crippen LogP contribution < -0.4 is 16.0 Å². The molecule has 20 heavy (non-hydrogen) atoms. The zero-order chi connectivity index (χ0) is 14.1. The smallest absolute Gasteiger partial charge is 0.265 e. The van der Waals surface area contributed by atoms with Crippen LogP contribution in [-0.2, 0) is 4.74 Å². The summed E-state index contributed by atoms with van der Waals surface area (Å²) in [5.74, 6) is 0.238. The van der Waals surface area contributed by atoms with Gasteiger partial charge in [0.1, 0.15) is 10.7 Å². The number of ether oxygens (including phenoxy) is 1. The average Bonchev–Trinajstić information content (AvgIpc) is 3.01. The van der Waals surface area contributed by atoms with Crippen LogP contribution in [-0.4, -0.2) is 43.2 Å². The maximum Gasteiger partial charge on any atom is 0.265 e. The van der Waals surface area contributed by atoms with Crippen LogP contribution in [0.1, 0.15) is 35.4 Å². The maximum absolute atomic E-state index is 12.2. The highest BCUT2D eigenvalue weighted by atomic mass is 32.1. The summed E-state index contributed by atoms with van der Waals surface area (Å²) in [5.41, 5.74) is 5.89. The summed E-state index contributed by atoms with van der Waals surface area (Å²) in [4.78, 5) is 19.3. The van der Waals surface area contributed by atoms with Gasteiger partial charge in [0.2, 0.25) is 0 Å². The Balaban J connectivity index is 1.62. The number of anilines is 2. The van der Waals surface area contributed by atoms with E-state index in [9.17, 15) is 4.79 Å². The monoisotopic (exact) mass is 296 g/mol. The minimum absolute atomic E-state index is 0.106. The molecule has 0 unspecified atom stereocenters. The molecule has 1 aromatic heterocycles. The summed E-state index contributed by atoms with van der Waals surface area (Å²) in [6, 6.07) is 0.198. The van der Waals surface area contributed by atoms with Gasteiger partial charge < -0.3 is 20.7 Å². The molecule has 1 aliphatic carbocycles. The van der Waals surface area contributed by atoms with E-state index in [1.165, 1.54) is 24.2 Å². The molecule has 1 saturated carbocycles. The zero-order valence-corrected chi connectivity index (χ0v) is 12.4. The fraction of sp³-hybridized carbons (Fsp3) is 0.692. The molecule has 2 fully saturated rings. The summed E-state index contributed by atoms with van der Waals surface area (Å²) in [5, 5.41) is 3.86. The van der Waals surface area contributed by atoms with Crippen molar-refractivity contribution < 1.29 is 9.53 Å². The number of nitrogen functional groups attached to an aromatic ring is 1. The number of nitrogens with one attached hydrogen (secondary N) is 1. The Kier molecular flexibility index (Phi) is 3.80. The molecule has 110 valence electrons. The van der Waals surface area contributed by atoms with Gasteiger partial charge >= 0.3 is 0 Å². The van der Waals surface area contributed by atoms with Crippen molar-refractivity contribution in [1.82, 2.24) is 10.3 Å². The normalized spacial score (nSPS) is 25.6. The van der Waals surface area contributed by atoms with Crippen LogP contribution in [0, 0.1) is 0 Å². The fourth-order valence-corrected chi connectivity index (χ4v) is 3.59. The Labute approximate surface area is 122 Å². The van der Waals surface area contributed by atoms with Crippen molar-refractivity contribution in [1.29, 1.82) is 0 Å². The van der Waals surface area contributed by atoms with Crippen LogP contribution in [0.5, 0.6) is 0 Å². The number of methoxy groups -OCH3 is 1. The third-order valence-corrected chi connectivity index (χ3v) is 5.12. The summed E-state index contributed by atoms with van der Waals surface area (Å²) in [6.45, 7) is 2.01. The number of aromatic nitrogens is 1. The quantitative estimate of drug-likeness (QED) is 0.873. The molecule has 0 spiro atoms. The van der Waals surface area contributed by atoms with E-state index >= 15 is 0 Å². The molecular weight excluding hydrogens is 276 g/mol. The molecule has 0 aromatic carbocycles. The van der Waals surface area contributed by atoms with E-state index in [-0.39, 0.29) is 18.1 Å². The van der Waals surface area contributed by atoms with Gasteiger partial charge in [-0.25, -0.2) is 4.98 Å². The SMILES string of the molecule is COC1CC(NC(=O)c2sc(N3CCCC3)nc2N)C1. The number of hydrogen-bond acceptors (Lipinski definition) is 6.